The molecule has 2 rings (SSSR count). The Hall–Kier alpha value is -1.39. The van der Waals surface area contributed by atoms with Gasteiger partial charge in [0.25, 0.3) is 0 Å². The summed E-state index contributed by atoms with van der Waals surface area (Å²) in [4.78, 5) is 14.1. The fourth-order valence-corrected chi connectivity index (χ4v) is 2.45. The van der Waals surface area contributed by atoms with E-state index in [-0.39, 0.29) is 11.9 Å². The molecule has 0 fully saturated rings. The van der Waals surface area contributed by atoms with E-state index in [2.05, 4.69) is 0 Å². The molecule has 0 saturated carbocycles. The third-order valence-corrected chi connectivity index (χ3v) is 3.48. The van der Waals surface area contributed by atoms with Crippen LogP contribution >= 0.6 is 0 Å². The van der Waals surface area contributed by atoms with Crippen LogP contribution < -0.4 is 10.6 Å². The van der Waals surface area contributed by atoms with Crippen LogP contribution in [0.4, 0.5) is 5.69 Å². The lowest BCUT2D eigenvalue weighted by molar-refractivity contribution is -0.119. The van der Waals surface area contributed by atoms with Crippen molar-refractivity contribution >= 4 is 11.6 Å². The van der Waals surface area contributed by atoms with E-state index in [0.29, 0.717) is 26.2 Å². The van der Waals surface area contributed by atoms with Crippen molar-refractivity contribution in [1.29, 1.82) is 0 Å². The summed E-state index contributed by atoms with van der Waals surface area (Å²) in [6.45, 7) is 4.03. The topological polar surface area (TPSA) is 55.6 Å². The maximum atomic E-state index is 12.3. The molecule has 19 heavy (non-hydrogen) atoms. The first-order valence-corrected chi connectivity index (χ1v) is 6.96. The number of hydrogen-bond donors (Lipinski definition) is 1. The average Bonchev–Trinajstić information content (AvgIpc) is 2.44. The van der Waals surface area contributed by atoms with E-state index in [1.165, 1.54) is 0 Å². The van der Waals surface area contributed by atoms with E-state index in [1.54, 1.807) is 0 Å². The Morgan fingerprint density at radius 1 is 1.47 bits per heavy atom. The Morgan fingerprint density at radius 2 is 2.26 bits per heavy atom. The predicted octanol–water partition coefficient (Wildman–Crippen LogP) is 2.24. The number of amides is 1. The molecule has 0 saturated heterocycles. The van der Waals surface area contributed by atoms with Gasteiger partial charge in [-0.25, -0.2) is 0 Å². The Morgan fingerprint density at radius 3 is 3.05 bits per heavy atom. The summed E-state index contributed by atoms with van der Waals surface area (Å²) >= 11 is 0. The summed E-state index contributed by atoms with van der Waals surface area (Å²) < 4.78 is 5.27. The number of carbonyl (C=O) groups is 1. The van der Waals surface area contributed by atoms with Crippen molar-refractivity contribution in [2.75, 3.05) is 24.7 Å². The van der Waals surface area contributed by atoms with Crippen molar-refractivity contribution in [2.45, 2.75) is 32.2 Å². The highest BCUT2D eigenvalue weighted by Crippen LogP contribution is 2.32. The third kappa shape index (κ3) is 3.33. The number of nitrogens with two attached hydrogens (primary N) is 1. The van der Waals surface area contributed by atoms with Gasteiger partial charge in [-0.3, -0.25) is 4.79 Å². The van der Waals surface area contributed by atoms with Gasteiger partial charge in [0.1, 0.15) is 0 Å². The van der Waals surface area contributed by atoms with Gasteiger partial charge >= 0.3 is 0 Å². The molecule has 1 aliphatic rings. The van der Waals surface area contributed by atoms with E-state index in [1.807, 2.05) is 36.1 Å². The van der Waals surface area contributed by atoms with Crippen LogP contribution in [0.15, 0.2) is 24.3 Å². The van der Waals surface area contributed by atoms with Gasteiger partial charge < -0.3 is 15.4 Å². The van der Waals surface area contributed by atoms with Crippen molar-refractivity contribution in [3.05, 3.63) is 29.8 Å². The second kappa shape index (κ2) is 6.68. The average molecular weight is 262 g/mol. The van der Waals surface area contributed by atoms with E-state index in [4.69, 9.17) is 10.5 Å². The highest BCUT2D eigenvalue weighted by atomic mass is 16.5. The van der Waals surface area contributed by atoms with Gasteiger partial charge in [0.05, 0.1) is 0 Å². The van der Waals surface area contributed by atoms with Gasteiger partial charge in [-0.1, -0.05) is 18.2 Å². The van der Waals surface area contributed by atoms with Crippen LogP contribution in [0.2, 0.25) is 0 Å². The summed E-state index contributed by atoms with van der Waals surface area (Å²) in [6.07, 6.45) is 2.13. The van der Waals surface area contributed by atoms with Crippen LogP contribution in [0.1, 0.15) is 37.8 Å². The first kappa shape index (κ1) is 14.0. The van der Waals surface area contributed by atoms with Crippen LogP contribution in [0.5, 0.6) is 0 Å². The molecule has 1 amide bonds. The molecule has 2 N–H and O–H groups in total. The smallest absolute Gasteiger partial charge is 0.227 e. The second-order valence-corrected chi connectivity index (χ2v) is 4.80. The zero-order chi connectivity index (χ0) is 13.7. The number of benzene rings is 1. The predicted molar refractivity (Wildman–Crippen MR) is 76.1 cm³/mol. The van der Waals surface area contributed by atoms with E-state index < -0.39 is 0 Å². The Kier molecular flexibility index (Phi) is 4.93. The van der Waals surface area contributed by atoms with Gasteiger partial charge in [-0.15, -0.1) is 0 Å². The zero-order valence-corrected chi connectivity index (χ0v) is 11.5. The van der Waals surface area contributed by atoms with Crippen LogP contribution in [0.25, 0.3) is 0 Å². The minimum atomic E-state index is 0.0451. The molecule has 1 atom stereocenters. The zero-order valence-electron chi connectivity index (χ0n) is 11.5. The van der Waals surface area contributed by atoms with Crippen LogP contribution in [0.3, 0.4) is 0 Å². The maximum absolute atomic E-state index is 12.3. The highest BCUT2D eigenvalue weighted by Gasteiger charge is 2.25. The normalized spacial score (nSPS) is 18.2. The lowest BCUT2D eigenvalue weighted by Gasteiger charge is -2.32. The minimum Gasteiger partial charge on any atom is -0.382 e. The summed E-state index contributed by atoms with van der Waals surface area (Å²) in [6, 6.07) is 7.97. The molecule has 1 unspecified atom stereocenters. The first-order chi connectivity index (χ1) is 9.24. The molecule has 4 heteroatoms. The third-order valence-electron chi connectivity index (χ3n) is 3.48. The SMILES string of the molecule is CCOCCCC(=O)N1CCC(N)c2ccccc21. The Labute approximate surface area is 114 Å². The second-order valence-electron chi connectivity index (χ2n) is 4.80. The van der Waals surface area contributed by atoms with Gasteiger partial charge in [-0.05, 0) is 31.4 Å². The summed E-state index contributed by atoms with van der Waals surface area (Å²) in [5, 5.41) is 0. The monoisotopic (exact) mass is 262 g/mol. The number of fused-ring (bicyclic) bond motifs is 1. The van der Waals surface area contributed by atoms with Crippen molar-refractivity contribution in [2.24, 2.45) is 5.73 Å². The molecule has 1 heterocycles. The molecular weight excluding hydrogens is 240 g/mol. The maximum Gasteiger partial charge on any atom is 0.227 e. The Bertz CT molecular complexity index is 434. The lowest BCUT2D eigenvalue weighted by Crippen LogP contribution is -2.38. The van der Waals surface area contributed by atoms with Crippen LogP contribution in [0, 0.1) is 0 Å². The van der Waals surface area contributed by atoms with E-state index in [9.17, 15) is 4.79 Å². The van der Waals surface area contributed by atoms with E-state index in [0.717, 1.165) is 24.1 Å². The van der Waals surface area contributed by atoms with Gasteiger partial charge in [-0.2, -0.15) is 0 Å². The first-order valence-electron chi connectivity index (χ1n) is 6.96. The number of hydrogen-bond acceptors (Lipinski definition) is 3. The number of ether oxygens (including phenoxy) is 1. The van der Waals surface area contributed by atoms with Crippen molar-refractivity contribution in [3.8, 4) is 0 Å². The number of carbonyl (C=O) groups excluding carboxylic acids is 1. The molecule has 0 aliphatic carbocycles. The molecule has 0 aromatic heterocycles. The van der Waals surface area contributed by atoms with Crippen LogP contribution in [-0.4, -0.2) is 25.7 Å². The number of rotatable bonds is 5. The lowest BCUT2D eigenvalue weighted by atomic mass is 9.97. The van der Waals surface area contributed by atoms with Crippen LogP contribution in [-0.2, 0) is 9.53 Å². The summed E-state index contributed by atoms with van der Waals surface area (Å²) in [5.74, 6) is 0.166. The molecule has 4 nitrogen and oxygen atoms in total. The minimum absolute atomic E-state index is 0.0451. The molecule has 0 radical (unpaired) electrons. The van der Waals surface area contributed by atoms with Crippen molar-refractivity contribution < 1.29 is 9.53 Å². The molecule has 104 valence electrons. The standard InChI is InChI=1S/C15H22N2O2/c1-2-19-11-5-8-15(18)17-10-9-13(16)12-6-3-4-7-14(12)17/h3-4,6-7,13H,2,5,8-11,16H2,1H3. The number of anilines is 1. The number of nitrogens with zero attached hydrogens (tertiary/aromatic N) is 1. The van der Waals surface area contributed by atoms with E-state index >= 15 is 0 Å². The van der Waals surface area contributed by atoms with Crippen molar-refractivity contribution in [3.63, 3.8) is 0 Å². The fourth-order valence-electron chi connectivity index (χ4n) is 2.45. The molecule has 0 bridgehead atoms. The fraction of sp³-hybridized carbons (Fsp3) is 0.533. The van der Waals surface area contributed by atoms with Gasteiger partial charge in [0.2, 0.25) is 5.91 Å². The van der Waals surface area contributed by atoms with Gasteiger partial charge in [0.15, 0.2) is 0 Å². The summed E-state index contributed by atoms with van der Waals surface area (Å²) in [5.41, 5.74) is 8.14. The molecule has 1 aromatic carbocycles. The highest BCUT2D eigenvalue weighted by molar-refractivity contribution is 5.94. The molecular formula is C15H22N2O2. The van der Waals surface area contributed by atoms with Crippen molar-refractivity contribution in [1.82, 2.24) is 0 Å². The molecule has 1 aromatic rings. The number of para-hydroxylation sites is 1. The molecule has 0 spiro atoms. The largest absolute Gasteiger partial charge is 0.382 e. The quantitative estimate of drug-likeness (QED) is 0.828. The van der Waals surface area contributed by atoms with Gasteiger partial charge in [0, 0.05) is 37.9 Å². The molecule has 1 aliphatic heterocycles. The Balaban J connectivity index is 2.01. The summed E-state index contributed by atoms with van der Waals surface area (Å²) in [7, 11) is 0.